The van der Waals surface area contributed by atoms with Crippen LogP contribution in [0, 0.1) is 0 Å². The maximum atomic E-state index is 12.2. The predicted octanol–water partition coefficient (Wildman–Crippen LogP) is 3.42. The Morgan fingerprint density at radius 3 is 2.30 bits per heavy atom. The molecule has 0 bridgehead atoms. The third-order valence-corrected chi connectivity index (χ3v) is 5.92. The number of methoxy groups -OCH3 is 1. The number of benzene rings is 1. The average molecular weight is 387 g/mol. The maximum absolute atomic E-state index is 12.2. The van der Waals surface area contributed by atoms with E-state index in [0.717, 1.165) is 0 Å². The monoisotopic (exact) mass is 386 g/mol. The number of hydrogen-bond donors (Lipinski definition) is 0. The minimum atomic E-state index is -4.02. The van der Waals surface area contributed by atoms with E-state index in [9.17, 15) is 13.0 Å². The number of hydrogen-bond acceptors (Lipinski definition) is 7. The van der Waals surface area contributed by atoms with Gasteiger partial charge in [-0.15, -0.1) is 0 Å². The Kier molecular flexibility index (Phi) is 8.00. The van der Waals surface area contributed by atoms with E-state index in [1.807, 2.05) is 0 Å². The zero-order chi connectivity index (χ0) is 17.5. The molecule has 0 heterocycles. The molecule has 23 heavy (non-hydrogen) atoms. The molecule has 1 aromatic rings. The largest absolute Gasteiger partial charge is 0.496 e. The van der Waals surface area contributed by atoms with Crippen molar-refractivity contribution in [2.24, 2.45) is 0 Å². The van der Waals surface area contributed by atoms with Crippen molar-refractivity contribution in [2.75, 3.05) is 26.7 Å². The van der Waals surface area contributed by atoms with Gasteiger partial charge < -0.3 is 13.8 Å². The molecule has 7 nitrogen and oxygen atoms in total. The molecule has 0 atom stereocenters. The fourth-order valence-corrected chi connectivity index (χ4v) is 4.80. The van der Waals surface area contributed by atoms with Crippen LogP contribution in [0.15, 0.2) is 18.2 Å². The summed E-state index contributed by atoms with van der Waals surface area (Å²) in [4.78, 5) is 0. The third kappa shape index (κ3) is 6.79. The second-order valence-corrected chi connectivity index (χ2v) is 8.42. The Balaban J connectivity index is 2.84. The topological polar surface area (TPSA) is 88.1 Å². The summed E-state index contributed by atoms with van der Waals surface area (Å²) in [5, 5.41) is 0.366. The summed E-state index contributed by atoms with van der Waals surface area (Å²) in [5.41, 5.74) is 0.336. The molecule has 0 radical (unpaired) electrons. The van der Waals surface area contributed by atoms with E-state index < -0.39 is 29.8 Å². The number of halogens is 1. The zero-order valence-electron chi connectivity index (χ0n) is 13.2. The Labute approximate surface area is 141 Å². The van der Waals surface area contributed by atoms with Crippen LogP contribution in [0.2, 0.25) is 5.02 Å². The number of rotatable bonds is 10. The van der Waals surface area contributed by atoms with Crippen molar-refractivity contribution >= 4 is 29.3 Å². The third-order valence-electron chi connectivity index (χ3n) is 2.62. The van der Waals surface area contributed by atoms with Crippen molar-refractivity contribution < 1.29 is 31.0 Å². The van der Waals surface area contributed by atoms with E-state index in [-0.39, 0.29) is 13.2 Å². The molecule has 1 rings (SSSR count). The molecule has 0 saturated heterocycles. The predicted molar refractivity (Wildman–Crippen MR) is 87.4 cm³/mol. The first-order valence-corrected chi connectivity index (χ1v) is 10.5. The molecule has 132 valence electrons. The second-order valence-electron chi connectivity index (χ2n) is 4.35. The minimum absolute atomic E-state index is 0.114. The van der Waals surface area contributed by atoms with Crippen LogP contribution in [0.1, 0.15) is 19.4 Å². The Hall–Kier alpha value is -0.630. The van der Waals surface area contributed by atoms with Gasteiger partial charge in [0.15, 0.2) is 6.35 Å². The van der Waals surface area contributed by atoms with Gasteiger partial charge in [-0.3, -0.25) is 8.75 Å². The first kappa shape index (κ1) is 20.4. The van der Waals surface area contributed by atoms with Crippen LogP contribution in [-0.2, 0) is 33.7 Å². The van der Waals surface area contributed by atoms with Crippen molar-refractivity contribution in [2.45, 2.75) is 19.6 Å². The molecule has 0 unspecified atom stereocenters. The smallest absolute Gasteiger partial charge is 0.357 e. The van der Waals surface area contributed by atoms with Gasteiger partial charge in [-0.1, -0.05) is 11.6 Å². The highest BCUT2D eigenvalue weighted by Gasteiger charge is 2.28. The van der Waals surface area contributed by atoms with Crippen LogP contribution in [0.3, 0.4) is 0 Å². The van der Waals surface area contributed by atoms with Crippen molar-refractivity contribution in [3.63, 3.8) is 0 Å². The molecule has 10 heteroatoms. The van der Waals surface area contributed by atoms with Gasteiger partial charge >= 0.3 is 7.60 Å². The van der Waals surface area contributed by atoms with Crippen molar-refractivity contribution in [1.29, 1.82) is 0 Å². The highest BCUT2D eigenvalue weighted by atomic mass is 35.5. The Morgan fingerprint density at radius 1 is 1.17 bits per heavy atom. The zero-order valence-corrected chi connectivity index (χ0v) is 15.6. The Bertz CT molecular complexity index is 652. The molecule has 0 aliphatic heterocycles. The lowest BCUT2D eigenvalue weighted by Crippen LogP contribution is -2.13. The van der Waals surface area contributed by atoms with E-state index in [4.69, 9.17) is 29.6 Å². The SMILES string of the molecule is CCOP(=O)(COS(=O)(=O)Cc1cc(Cl)ccc1OC)OCC. The summed E-state index contributed by atoms with van der Waals surface area (Å²) in [5.74, 6) is -0.117. The second kappa shape index (κ2) is 9.01. The van der Waals surface area contributed by atoms with Gasteiger partial charge in [-0.2, -0.15) is 8.42 Å². The summed E-state index contributed by atoms with van der Waals surface area (Å²) in [6.45, 7) is 3.47. The van der Waals surface area contributed by atoms with E-state index in [1.165, 1.54) is 13.2 Å². The highest BCUT2D eigenvalue weighted by molar-refractivity contribution is 7.86. The van der Waals surface area contributed by atoms with Crippen molar-refractivity contribution in [1.82, 2.24) is 0 Å². The Morgan fingerprint density at radius 2 is 1.78 bits per heavy atom. The van der Waals surface area contributed by atoms with E-state index in [2.05, 4.69) is 0 Å². The lowest BCUT2D eigenvalue weighted by atomic mass is 10.2. The molecule has 0 N–H and O–H groups in total. The molecule has 0 aromatic heterocycles. The summed E-state index contributed by atoms with van der Waals surface area (Å²) in [6, 6.07) is 4.60. The van der Waals surface area contributed by atoms with Crippen molar-refractivity contribution in [3.8, 4) is 5.75 Å². The van der Waals surface area contributed by atoms with Crippen LogP contribution in [0.4, 0.5) is 0 Å². The van der Waals surface area contributed by atoms with Gasteiger partial charge in [0.05, 0.1) is 20.3 Å². The average Bonchev–Trinajstić information content (AvgIpc) is 2.46. The van der Waals surface area contributed by atoms with Gasteiger partial charge in [-0.05, 0) is 32.0 Å². The minimum Gasteiger partial charge on any atom is -0.496 e. The summed E-state index contributed by atoms with van der Waals surface area (Å²) >= 11 is 5.86. The molecule has 0 spiro atoms. The molecule has 0 fully saturated rings. The highest BCUT2D eigenvalue weighted by Crippen LogP contribution is 2.48. The molecular formula is C13H20ClO7PS. The summed E-state index contributed by atoms with van der Waals surface area (Å²) in [7, 11) is -6.22. The van der Waals surface area contributed by atoms with Gasteiger partial charge in [0.2, 0.25) is 0 Å². The lowest BCUT2D eigenvalue weighted by Gasteiger charge is -2.17. The van der Waals surface area contributed by atoms with E-state index in [0.29, 0.717) is 16.3 Å². The summed E-state index contributed by atoms with van der Waals surface area (Å²) < 4.78 is 56.2. The fraction of sp³-hybridized carbons (Fsp3) is 0.538. The van der Waals surface area contributed by atoms with E-state index in [1.54, 1.807) is 26.0 Å². The van der Waals surface area contributed by atoms with Crippen LogP contribution >= 0.6 is 19.2 Å². The first-order chi connectivity index (χ1) is 10.7. The van der Waals surface area contributed by atoms with Crippen LogP contribution in [-0.4, -0.2) is 35.1 Å². The number of ether oxygens (including phenoxy) is 1. The van der Waals surface area contributed by atoms with Gasteiger partial charge in [0.25, 0.3) is 10.1 Å². The van der Waals surface area contributed by atoms with Crippen LogP contribution in [0.25, 0.3) is 0 Å². The van der Waals surface area contributed by atoms with Gasteiger partial charge in [0, 0.05) is 10.6 Å². The molecule has 0 saturated carbocycles. The molecule has 0 amide bonds. The fourth-order valence-electron chi connectivity index (χ4n) is 1.74. The molecule has 0 aliphatic rings. The van der Waals surface area contributed by atoms with Gasteiger partial charge in [0.1, 0.15) is 11.5 Å². The van der Waals surface area contributed by atoms with Crippen molar-refractivity contribution in [3.05, 3.63) is 28.8 Å². The van der Waals surface area contributed by atoms with Gasteiger partial charge in [-0.25, -0.2) is 0 Å². The normalized spacial score (nSPS) is 12.3. The molecular weight excluding hydrogens is 367 g/mol. The standard InChI is InChI=1S/C13H20ClO7PS/c1-4-19-22(15,20-5-2)10-21-23(16,17)9-11-8-12(14)6-7-13(11)18-3/h6-8H,4-5,9-10H2,1-3H3. The first-order valence-electron chi connectivity index (χ1n) is 6.83. The lowest BCUT2D eigenvalue weighted by molar-refractivity contribution is 0.198. The molecule has 0 aliphatic carbocycles. The van der Waals surface area contributed by atoms with E-state index >= 15 is 0 Å². The molecule has 1 aromatic carbocycles. The quantitative estimate of drug-likeness (QED) is 0.449. The van der Waals surface area contributed by atoms with Crippen LogP contribution < -0.4 is 4.74 Å². The maximum Gasteiger partial charge on any atom is 0.357 e. The van der Waals surface area contributed by atoms with Crippen LogP contribution in [0.5, 0.6) is 5.75 Å². The summed E-state index contributed by atoms with van der Waals surface area (Å²) in [6.07, 6.45) is -0.681.